The molecule has 0 aliphatic carbocycles. The molecule has 4 nitrogen and oxygen atoms in total. The highest BCUT2D eigenvalue weighted by molar-refractivity contribution is 5.91. The van der Waals surface area contributed by atoms with Crippen LogP contribution in [0.2, 0.25) is 0 Å². The first-order chi connectivity index (χ1) is 11.8. The summed E-state index contributed by atoms with van der Waals surface area (Å²) in [6.07, 6.45) is 5.18. The molecule has 4 rings (SSSR count). The zero-order chi connectivity index (χ0) is 16.5. The van der Waals surface area contributed by atoms with Gasteiger partial charge in [-0.25, -0.2) is 4.98 Å². The Morgan fingerprint density at radius 3 is 2.38 bits per heavy atom. The van der Waals surface area contributed by atoms with Gasteiger partial charge in [-0.05, 0) is 36.2 Å². The fourth-order valence-corrected chi connectivity index (χ4v) is 3.59. The summed E-state index contributed by atoms with van der Waals surface area (Å²) in [6, 6.07) is 13.2. The first-order valence-corrected chi connectivity index (χ1v) is 8.75. The minimum absolute atomic E-state index is 1.05. The average Bonchev–Trinajstić information content (AvgIpc) is 2.99. The maximum absolute atomic E-state index is 4.50. The molecule has 1 aromatic carbocycles. The van der Waals surface area contributed by atoms with Crippen LogP contribution in [0.4, 0.5) is 11.4 Å². The quantitative estimate of drug-likeness (QED) is 0.738. The van der Waals surface area contributed by atoms with Gasteiger partial charge in [0.1, 0.15) is 5.65 Å². The monoisotopic (exact) mass is 320 g/mol. The molecular formula is C20H24N4. The standard InChI is InChI=1S/C20H24N4/c1-3-16-6-8-17(9-7-16)23-11-13-24(14-12-23)19-15-22(2)20-18(19)5-4-10-21-20/h4-10,15H,3,11-14H2,1-2H3. The summed E-state index contributed by atoms with van der Waals surface area (Å²) >= 11 is 0. The molecule has 0 unspecified atom stereocenters. The molecule has 4 heteroatoms. The normalized spacial score (nSPS) is 15.2. The lowest BCUT2D eigenvalue weighted by Crippen LogP contribution is -2.46. The van der Waals surface area contributed by atoms with Crippen molar-refractivity contribution < 1.29 is 0 Å². The van der Waals surface area contributed by atoms with Gasteiger partial charge in [-0.15, -0.1) is 0 Å². The van der Waals surface area contributed by atoms with E-state index in [1.54, 1.807) is 0 Å². The summed E-state index contributed by atoms with van der Waals surface area (Å²) in [5, 5.41) is 1.25. The van der Waals surface area contributed by atoms with Crippen molar-refractivity contribution in [3.8, 4) is 0 Å². The molecule has 0 N–H and O–H groups in total. The Morgan fingerprint density at radius 1 is 0.958 bits per heavy atom. The van der Waals surface area contributed by atoms with E-state index in [0.29, 0.717) is 0 Å². The van der Waals surface area contributed by atoms with E-state index in [1.807, 2.05) is 12.3 Å². The average molecular weight is 320 g/mol. The van der Waals surface area contributed by atoms with Crippen molar-refractivity contribution in [2.75, 3.05) is 36.0 Å². The van der Waals surface area contributed by atoms with Gasteiger partial charge in [0.25, 0.3) is 0 Å². The predicted molar refractivity (Wildman–Crippen MR) is 101 cm³/mol. The Labute approximate surface area is 143 Å². The number of pyridine rings is 1. The van der Waals surface area contributed by atoms with Crippen molar-refractivity contribution in [2.45, 2.75) is 13.3 Å². The molecule has 1 saturated heterocycles. The van der Waals surface area contributed by atoms with E-state index in [1.165, 1.54) is 22.3 Å². The van der Waals surface area contributed by atoms with Crippen molar-refractivity contribution in [3.63, 3.8) is 0 Å². The van der Waals surface area contributed by atoms with Gasteiger partial charge in [-0.3, -0.25) is 0 Å². The summed E-state index contributed by atoms with van der Waals surface area (Å²) in [4.78, 5) is 9.47. The number of rotatable bonds is 3. The second-order valence-corrected chi connectivity index (χ2v) is 6.49. The van der Waals surface area contributed by atoms with Crippen LogP contribution in [0.3, 0.4) is 0 Å². The molecule has 124 valence electrons. The molecule has 3 heterocycles. The minimum atomic E-state index is 1.05. The van der Waals surface area contributed by atoms with Gasteiger partial charge in [0.15, 0.2) is 0 Å². The van der Waals surface area contributed by atoms with Gasteiger partial charge in [0.2, 0.25) is 0 Å². The van der Waals surface area contributed by atoms with Crippen LogP contribution in [0.15, 0.2) is 48.8 Å². The fourth-order valence-electron chi connectivity index (χ4n) is 3.59. The fraction of sp³-hybridized carbons (Fsp3) is 0.350. The molecule has 2 aromatic heterocycles. The topological polar surface area (TPSA) is 24.3 Å². The van der Waals surface area contributed by atoms with E-state index >= 15 is 0 Å². The van der Waals surface area contributed by atoms with E-state index in [2.05, 4.69) is 69.9 Å². The minimum Gasteiger partial charge on any atom is -0.368 e. The number of anilines is 2. The number of hydrogen-bond donors (Lipinski definition) is 0. The Kier molecular flexibility index (Phi) is 3.89. The molecule has 0 radical (unpaired) electrons. The van der Waals surface area contributed by atoms with Crippen LogP contribution in [-0.4, -0.2) is 35.7 Å². The molecular weight excluding hydrogens is 296 g/mol. The number of aromatic nitrogens is 2. The first-order valence-electron chi connectivity index (χ1n) is 8.75. The number of benzene rings is 1. The molecule has 1 fully saturated rings. The van der Waals surface area contributed by atoms with Crippen LogP contribution >= 0.6 is 0 Å². The van der Waals surface area contributed by atoms with E-state index in [-0.39, 0.29) is 0 Å². The Bertz CT molecular complexity index is 826. The highest BCUT2D eigenvalue weighted by Crippen LogP contribution is 2.28. The van der Waals surface area contributed by atoms with Crippen LogP contribution in [0, 0.1) is 0 Å². The summed E-state index contributed by atoms with van der Waals surface area (Å²) in [5.74, 6) is 0. The summed E-state index contributed by atoms with van der Waals surface area (Å²) in [5.41, 5.74) is 5.11. The number of fused-ring (bicyclic) bond motifs is 1. The van der Waals surface area contributed by atoms with Gasteiger partial charge in [-0.2, -0.15) is 0 Å². The summed E-state index contributed by atoms with van der Waals surface area (Å²) < 4.78 is 2.13. The molecule has 0 spiro atoms. The van der Waals surface area contributed by atoms with Crippen molar-refractivity contribution in [2.24, 2.45) is 7.05 Å². The van der Waals surface area contributed by atoms with Crippen LogP contribution in [0.25, 0.3) is 11.0 Å². The second kappa shape index (κ2) is 6.19. The Hall–Kier alpha value is -2.49. The molecule has 0 bridgehead atoms. The third-order valence-corrected chi connectivity index (χ3v) is 5.04. The SMILES string of the molecule is CCc1ccc(N2CCN(c3cn(C)c4ncccc34)CC2)cc1. The second-order valence-electron chi connectivity index (χ2n) is 6.49. The third kappa shape index (κ3) is 2.62. The summed E-state index contributed by atoms with van der Waals surface area (Å²) in [7, 11) is 2.07. The van der Waals surface area contributed by atoms with Gasteiger partial charge in [0, 0.05) is 56.7 Å². The predicted octanol–water partition coefficient (Wildman–Crippen LogP) is 3.46. The lowest BCUT2D eigenvalue weighted by Gasteiger charge is -2.37. The summed E-state index contributed by atoms with van der Waals surface area (Å²) in [6.45, 7) is 6.41. The van der Waals surface area contributed by atoms with E-state index < -0.39 is 0 Å². The van der Waals surface area contributed by atoms with Crippen LogP contribution < -0.4 is 9.80 Å². The van der Waals surface area contributed by atoms with Crippen molar-refractivity contribution >= 4 is 22.4 Å². The lowest BCUT2D eigenvalue weighted by molar-refractivity contribution is 0.654. The maximum atomic E-state index is 4.50. The number of nitrogens with zero attached hydrogens (tertiary/aromatic N) is 4. The molecule has 1 aliphatic heterocycles. The number of aryl methyl sites for hydroxylation is 2. The lowest BCUT2D eigenvalue weighted by atomic mass is 10.1. The maximum Gasteiger partial charge on any atom is 0.141 e. The van der Waals surface area contributed by atoms with Gasteiger partial charge >= 0.3 is 0 Å². The van der Waals surface area contributed by atoms with Crippen molar-refractivity contribution in [1.29, 1.82) is 0 Å². The van der Waals surface area contributed by atoms with E-state index in [9.17, 15) is 0 Å². The van der Waals surface area contributed by atoms with E-state index in [0.717, 1.165) is 38.2 Å². The molecule has 24 heavy (non-hydrogen) atoms. The molecule has 0 atom stereocenters. The zero-order valence-corrected chi connectivity index (χ0v) is 14.4. The Balaban J connectivity index is 1.51. The van der Waals surface area contributed by atoms with Gasteiger partial charge < -0.3 is 14.4 Å². The van der Waals surface area contributed by atoms with Crippen LogP contribution in [-0.2, 0) is 13.5 Å². The third-order valence-electron chi connectivity index (χ3n) is 5.04. The number of hydrogen-bond acceptors (Lipinski definition) is 3. The van der Waals surface area contributed by atoms with Gasteiger partial charge in [0.05, 0.1) is 5.69 Å². The Morgan fingerprint density at radius 2 is 1.67 bits per heavy atom. The van der Waals surface area contributed by atoms with Gasteiger partial charge in [-0.1, -0.05) is 19.1 Å². The number of piperazine rings is 1. The molecule has 3 aromatic rings. The molecule has 0 amide bonds. The molecule has 0 saturated carbocycles. The molecule has 1 aliphatic rings. The zero-order valence-electron chi connectivity index (χ0n) is 14.4. The van der Waals surface area contributed by atoms with E-state index in [4.69, 9.17) is 0 Å². The van der Waals surface area contributed by atoms with Crippen molar-refractivity contribution in [1.82, 2.24) is 9.55 Å². The first kappa shape index (κ1) is 15.1. The van der Waals surface area contributed by atoms with Crippen molar-refractivity contribution in [3.05, 3.63) is 54.4 Å². The van der Waals surface area contributed by atoms with Crippen LogP contribution in [0.1, 0.15) is 12.5 Å². The highest BCUT2D eigenvalue weighted by Gasteiger charge is 2.20. The van der Waals surface area contributed by atoms with Crippen LogP contribution in [0.5, 0.6) is 0 Å². The highest BCUT2D eigenvalue weighted by atomic mass is 15.3. The smallest absolute Gasteiger partial charge is 0.141 e. The largest absolute Gasteiger partial charge is 0.368 e.